The Hall–Kier alpha value is -2.36. The second-order valence-corrected chi connectivity index (χ2v) is 10.0. The molecular weight excluding hydrogens is 391 g/mol. The lowest BCUT2D eigenvalue weighted by Gasteiger charge is -2.32. The van der Waals surface area contributed by atoms with Gasteiger partial charge in [0.1, 0.15) is 0 Å². The average molecular weight is 416 g/mol. The summed E-state index contributed by atoms with van der Waals surface area (Å²) in [6.07, 6.45) is 0. The minimum Gasteiger partial charge on any atom is -0.399 e. The largest absolute Gasteiger partial charge is 0.494 e. The maximum Gasteiger partial charge on any atom is 0.494 e. The van der Waals surface area contributed by atoms with E-state index in [0.29, 0.717) is 5.46 Å². The molecule has 1 heterocycles. The topological polar surface area (TPSA) is 98.9 Å². The molecule has 0 unspecified atom stereocenters. The Morgan fingerprint density at radius 3 is 2.07 bits per heavy atom. The van der Waals surface area contributed by atoms with Crippen LogP contribution in [0.3, 0.4) is 0 Å². The number of amides is 1. The first kappa shape index (κ1) is 21.4. The van der Waals surface area contributed by atoms with E-state index in [4.69, 9.17) is 15.0 Å². The molecule has 2 aromatic rings. The number of anilines is 1. The summed E-state index contributed by atoms with van der Waals surface area (Å²) in [6.45, 7) is 7.66. The molecule has 0 spiro atoms. The predicted molar refractivity (Wildman–Crippen MR) is 113 cm³/mol. The molecule has 0 saturated carbocycles. The molecule has 1 aliphatic rings. The summed E-state index contributed by atoms with van der Waals surface area (Å²) in [5, 5.41) is 0. The van der Waals surface area contributed by atoms with Crippen molar-refractivity contribution in [2.75, 3.05) is 11.4 Å². The molecule has 1 fully saturated rings. The van der Waals surface area contributed by atoms with E-state index in [9.17, 15) is 13.2 Å². The number of sulfonamides is 1. The Kier molecular flexibility index (Phi) is 5.27. The van der Waals surface area contributed by atoms with Gasteiger partial charge in [0.2, 0.25) is 5.91 Å². The molecule has 154 valence electrons. The molecule has 0 bridgehead atoms. The van der Waals surface area contributed by atoms with E-state index in [1.165, 1.54) is 25.2 Å². The van der Waals surface area contributed by atoms with Crippen LogP contribution >= 0.6 is 0 Å². The molecule has 0 aliphatic carbocycles. The first-order valence-electron chi connectivity index (χ1n) is 9.19. The molecule has 0 radical (unpaired) electrons. The summed E-state index contributed by atoms with van der Waals surface area (Å²) in [5.41, 5.74) is 5.30. The summed E-state index contributed by atoms with van der Waals surface area (Å²) in [7, 11) is -3.15. The molecule has 2 N–H and O–H groups in total. The van der Waals surface area contributed by atoms with E-state index in [1.54, 1.807) is 30.3 Å². The van der Waals surface area contributed by atoms with Gasteiger partial charge in [-0.05, 0) is 63.5 Å². The molecule has 1 saturated heterocycles. The van der Waals surface area contributed by atoms with Crippen LogP contribution in [0.5, 0.6) is 0 Å². The predicted octanol–water partition coefficient (Wildman–Crippen LogP) is 1.91. The van der Waals surface area contributed by atoms with Crippen molar-refractivity contribution in [3.63, 3.8) is 0 Å². The van der Waals surface area contributed by atoms with Crippen molar-refractivity contribution in [2.24, 2.45) is 5.73 Å². The maximum absolute atomic E-state index is 13.0. The van der Waals surface area contributed by atoms with Crippen LogP contribution in [0.25, 0.3) is 0 Å². The third kappa shape index (κ3) is 3.90. The summed E-state index contributed by atoms with van der Waals surface area (Å²) < 4.78 is 39.2. The Morgan fingerprint density at radius 1 is 1.00 bits per heavy atom. The normalized spacial score (nSPS) is 17.9. The van der Waals surface area contributed by atoms with Crippen LogP contribution in [0.15, 0.2) is 53.4 Å². The molecule has 0 aromatic heterocycles. The van der Waals surface area contributed by atoms with Gasteiger partial charge in [0.05, 0.1) is 21.8 Å². The Balaban J connectivity index is 2.06. The highest BCUT2D eigenvalue weighted by molar-refractivity contribution is 7.92. The van der Waals surface area contributed by atoms with Crippen LogP contribution < -0.4 is 15.5 Å². The van der Waals surface area contributed by atoms with Crippen LogP contribution in [0.2, 0.25) is 0 Å². The van der Waals surface area contributed by atoms with Crippen LogP contribution in [-0.2, 0) is 19.3 Å². The van der Waals surface area contributed by atoms with E-state index in [1.807, 2.05) is 27.7 Å². The Morgan fingerprint density at radius 2 is 1.55 bits per heavy atom. The van der Waals surface area contributed by atoms with Gasteiger partial charge in [-0.15, -0.1) is 0 Å². The zero-order valence-corrected chi connectivity index (χ0v) is 18.0. The van der Waals surface area contributed by atoms with Crippen molar-refractivity contribution in [2.45, 2.75) is 43.8 Å². The summed E-state index contributed by atoms with van der Waals surface area (Å²) in [5.74, 6) is -0.671. The van der Waals surface area contributed by atoms with Crippen LogP contribution in [0.1, 0.15) is 38.1 Å². The maximum atomic E-state index is 13.0. The zero-order valence-electron chi connectivity index (χ0n) is 17.2. The first-order chi connectivity index (χ1) is 13.3. The number of rotatable bonds is 5. The van der Waals surface area contributed by atoms with Crippen LogP contribution in [0, 0.1) is 0 Å². The van der Waals surface area contributed by atoms with Crippen LogP contribution in [-0.4, -0.2) is 39.7 Å². The number of primary amides is 1. The van der Waals surface area contributed by atoms with Gasteiger partial charge in [0.15, 0.2) is 0 Å². The monoisotopic (exact) mass is 416 g/mol. The minimum absolute atomic E-state index is 0.143. The highest BCUT2D eigenvalue weighted by Gasteiger charge is 2.52. The molecule has 1 amide bonds. The fourth-order valence-electron chi connectivity index (χ4n) is 2.96. The fourth-order valence-corrected chi connectivity index (χ4v) is 4.16. The molecular formula is C20H25BN2O5S. The minimum atomic E-state index is -3.82. The lowest BCUT2D eigenvalue weighted by molar-refractivity contribution is 0.00578. The summed E-state index contributed by atoms with van der Waals surface area (Å²) >= 11 is 0. The quantitative estimate of drug-likeness (QED) is 0.751. The Labute approximate surface area is 172 Å². The van der Waals surface area contributed by atoms with E-state index >= 15 is 0 Å². The van der Waals surface area contributed by atoms with Crippen molar-refractivity contribution >= 4 is 34.2 Å². The Bertz CT molecular complexity index is 1020. The second kappa shape index (κ2) is 7.16. The number of hydrogen-bond acceptors (Lipinski definition) is 5. The van der Waals surface area contributed by atoms with Gasteiger partial charge >= 0.3 is 7.12 Å². The second-order valence-electron chi connectivity index (χ2n) is 8.05. The summed E-state index contributed by atoms with van der Waals surface area (Å²) in [6, 6.07) is 12.7. The first-order valence-corrected chi connectivity index (χ1v) is 10.6. The SMILES string of the molecule is CN(c1cc(B2OC(C)(C)C(C)(C)O2)cc(C(N)=O)c1)S(=O)(=O)c1ccccc1. The highest BCUT2D eigenvalue weighted by Crippen LogP contribution is 2.37. The third-order valence-corrected chi connectivity index (χ3v) is 7.32. The smallest absolute Gasteiger partial charge is 0.399 e. The number of hydrogen-bond donors (Lipinski definition) is 1. The van der Waals surface area contributed by atoms with E-state index in [0.717, 1.165) is 4.31 Å². The standard InChI is InChI=1S/C20H25BN2O5S/c1-19(2)20(3,4)28-21(27-19)15-11-14(18(22)24)12-16(13-15)23(5)29(25,26)17-9-7-6-8-10-17/h6-13H,1-5H3,(H2,22,24). The highest BCUT2D eigenvalue weighted by atomic mass is 32.2. The molecule has 1 aliphatic heterocycles. The molecule has 9 heteroatoms. The third-order valence-electron chi connectivity index (χ3n) is 5.52. The number of benzene rings is 2. The lowest BCUT2D eigenvalue weighted by Crippen LogP contribution is -2.41. The van der Waals surface area contributed by atoms with Crippen molar-refractivity contribution in [3.05, 3.63) is 54.1 Å². The summed E-state index contributed by atoms with van der Waals surface area (Å²) in [4.78, 5) is 12.0. The molecule has 2 aromatic carbocycles. The van der Waals surface area contributed by atoms with E-state index in [-0.39, 0.29) is 16.1 Å². The van der Waals surface area contributed by atoms with Gasteiger partial charge in [-0.25, -0.2) is 8.42 Å². The number of nitrogens with zero attached hydrogens (tertiary/aromatic N) is 1. The van der Waals surface area contributed by atoms with E-state index < -0.39 is 34.3 Å². The van der Waals surface area contributed by atoms with Crippen molar-refractivity contribution in [3.8, 4) is 0 Å². The van der Waals surface area contributed by atoms with Gasteiger partial charge in [0.25, 0.3) is 10.0 Å². The van der Waals surface area contributed by atoms with Gasteiger partial charge in [-0.3, -0.25) is 9.10 Å². The molecule has 7 nitrogen and oxygen atoms in total. The number of carbonyl (C=O) groups is 1. The molecule has 3 rings (SSSR count). The van der Waals surface area contributed by atoms with Crippen molar-refractivity contribution in [1.29, 1.82) is 0 Å². The number of nitrogens with two attached hydrogens (primary N) is 1. The molecule has 29 heavy (non-hydrogen) atoms. The van der Waals surface area contributed by atoms with Gasteiger partial charge < -0.3 is 15.0 Å². The lowest BCUT2D eigenvalue weighted by atomic mass is 9.78. The zero-order chi connectivity index (χ0) is 21.6. The van der Waals surface area contributed by atoms with Crippen molar-refractivity contribution in [1.82, 2.24) is 0 Å². The van der Waals surface area contributed by atoms with Crippen LogP contribution in [0.4, 0.5) is 5.69 Å². The van der Waals surface area contributed by atoms with Gasteiger partial charge in [0, 0.05) is 12.6 Å². The van der Waals surface area contributed by atoms with Gasteiger partial charge in [-0.1, -0.05) is 18.2 Å². The average Bonchev–Trinajstić information content (AvgIpc) is 2.88. The fraction of sp³-hybridized carbons (Fsp3) is 0.350. The van der Waals surface area contributed by atoms with E-state index in [2.05, 4.69) is 0 Å². The number of carbonyl (C=O) groups excluding carboxylic acids is 1. The van der Waals surface area contributed by atoms with Gasteiger partial charge in [-0.2, -0.15) is 0 Å². The van der Waals surface area contributed by atoms with Crippen molar-refractivity contribution < 1.29 is 22.5 Å². The molecule has 0 atom stereocenters.